The van der Waals surface area contributed by atoms with Crippen molar-refractivity contribution in [2.24, 2.45) is 23.2 Å². The Hall–Kier alpha value is -2.85. The molecule has 2 aliphatic heterocycles. The van der Waals surface area contributed by atoms with E-state index in [9.17, 15) is 53.9 Å². The highest BCUT2D eigenvalue weighted by atomic mass is 32.2. The van der Waals surface area contributed by atoms with Gasteiger partial charge in [-0.1, -0.05) is 20.8 Å². The summed E-state index contributed by atoms with van der Waals surface area (Å²) in [6.07, 6.45) is -5.67. The van der Waals surface area contributed by atoms with Crippen molar-refractivity contribution in [1.82, 2.24) is 20.9 Å². The summed E-state index contributed by atoms with van der Waals surface area (Å²) in [5.41, 5.74) is -1.31. The Balaban J connectivity index is 1.97. The van der Waals surface area contributed by atoms with E-state index >= 15 is 0 Å². The van der Waals surface area contributed by atoms with Gasteiger partial charge in [-0.3, -0.25) is 19.2 Å². The minimum Gasteiger partial charge on any atom is -0.356 e. The number of nitrogens with zero attached hydrogens (tertiary/aromatic N) is 1. The van der Waals surface area contributed by atoms with E-state index in [0.29, 0.717) is 12.3 Å². The molecule has 3 rings (SSSR count). The first kappa shape index (κ1) is 33.6. The molecular weight excluding hydrogens is 598 g/mol. The highest BCUT2D eigenvalue weighted by molar-refractivity contribution is 7.94. The molecule has 0 aromatic carbocycles. The third-order valence-corrected chi connectivity index (χ3v) is 8.63. The Bertz CT molecular complexity index is 1250. The molecule has 3 N–H and O–H groups in total. The molecule has 0 spiro atoms. The van der Waals surface area contributed by atoms with Crippen LogP contribution in [0.15, 0.2) is 11.2 Å². The van der Waals surface area contributed by atoms with E-state index in [2.05, 4.69) is 10.6 Å². The number of hydrogen-bond donors (Lipinski definition) is 3. The fourth-order valence-electron chi connectivity index (χ4n) is 5.78. The molecule has 0 aromatic heterocycles. The van der Waals surface area contributed by atoms with E-state index in [0.717, 1.165) is 4.90 Å². The Morgan fingerprint density at radius 1 is 1.14 bits per heavy atom. The van der Waals surface area contributed by atoms with Crippen LogP contribution in [0.2, 0.25) is 0 Å². The van der Waals surface area contributed by atoms with Crippen LogP contribution < -0.4 is 16.0 Å². The van der Waals surface area contributed by atoms with Crippen molar-refractivity contribution < 1.29 is 53.9 Å². The number of sulfone groups is 1. The number of alkyl halides is 5. The fraction of sp³-hybridized carbons (Fsp3) is 0.760. The van der Waals surface area contributed by atoms with Crippen molar-refractivity contribution in [3.8, 4) is 0 Å². The molecule has 0 radical (unpaired) electrons. The van der Waals surface area contributed by atoms with Crippen LogP contribution in [0.4, 0.5) is 26.3 Å². The quantitative estimate of drug-likeness (QED) is 0.349. The first-order valence-electron chi connectivity index (χ1n) is 13.2. The lowest BCUT2D eigenvalue weighted by Crippen LogP contribution is -2.60. The van der Waals surface area contributed by atoms with Gasteiger partial charge in [0.1, 0.15) is 12.1 Å². The molecule has 6 atom stereocenters. The zero-order valence-corrected chi connectivity index (χ0v) is 24.2. The van der Waals surface area contributed by atoms with Gasteiger partial charge in [0.15, 0.2) is 0 Å². The number of hydrogen-bond acceptors (Lipinski definition) is 6. The van der Waals surface area contributed by atoms with Gasteiger partial charge >= 0.3 is 12.1 Å². The normalized spacial score (nSPS) is 27.7. The van der Waals surface area contributed by atoms with Gasteiger partial charge in [0.25, 0.3) is 0 Å². The standard InChI is InChI=1S/C25H34F6N4O6S/c1-23(2,3)18(34-22(39)25(29,30)31)21(38)35-11-13-9-24(27,28)10-15(13)17(35)20(37)33-14(8-16(26)42(4,40)41)7-12-5-6-32-19(12)36/h8,12-15,17-18H,5-7,9-11H2,1-4H3,(H,32,36)(H,33,37)(H,34,39)/b16-8+/t12-,13-,14+,15-,17-,18+/m0/s1. The molecule has 17 heteroatoms. The maximum absolute atomic E-state index is 14.5. The summed E-state index contributed by atoms with van der Waals surface area (Å²) in [7, 11) is -4.36. The number of halogens is 6. The molecule has 0 bridgehead atoms. The molecule has 3 fully saturated rings. The van der Waals surface area contributed by atoms with E-state index in [1.54, 1.807) is 5.32 Å². The van der Waals surface area contributed by atoms with E-state index in [4.69, 9.17) is 0 Å². The van der Waals surface area contributed by atoms with Crippen LogP contribution in [0.25, 0.3) is 0 Å². The molecule has 238 valence electrons. The Kier molecular flexibility index (Phi) is 9.36. The highest BCUT2D eigenvalue weighted by Gasteiger charge is 2.59. The van der Waals surface area contributed by atoms with Crippen LogP contribution in [-0.2, 0) is 29.0 Å². The van der Waals surface area contributed by atoms with E-state index in [-0.39, 0.29) is 19.4 Å². The van der Waals surface area contributed by atoms with Gasteiger partial charge in [-0.05, 0) is 36.2 Å². The van der Waals surface area contributed by atoms with Gasteiger partial charge in [0, 0.05) is 38.1 Å². The SMILES string of the molecule is CC(C)(C)[C@H](NC(=O)C(F)(F)F)C(=O)N1C[C@@H]2CC(F)(F)C[C@@H]2[C@H]1C(=O)N[C@@H](/C=C(\F)S(C)(=O)=O)C[C@@H]1CCNC1=O. The number of carbonyl (C=O) groups is 4. The van der Waals surface area contributed by atoms with Gasteiger partial charge < -0.3 is 20.9 Å². The molecule has 0 aromatic rings. The van der Waals surface area contributed by atoms with E-state index in [1.165, 1.54) is 20.8 Å². The van der Waals surface area contributed by atoms with Crippen molar-refractivity contribution in [3.63, 3.8) is 0 Å². The summed E-state index contributed by atoms with van der Waals surface area (Å²) in [5.74, 6) is -11.0. The van der Waals surface area contributed by atoms with Crippen molar-refractivity contribution in [2.45, 2.75) is 76.7 Å². The van der Waals surface area contributed by atoms with Gasteiger partial charge in [-0.25, -0.2) is 17.2 Å². The summed E-state index contributed by atoms with van der Waals surface area (Å²) >= 11 is 0. The summed E-state index contributed by atoms with van der Waals surface area (Å²) in [6, 6.07) is -4.87. The van der Waals surface area contributed by atoms with Crippen molar-refractivity contribution >= 4 is 33.5 Å². The fourth-order valence-corrected chi connectivity index (χ4v) is 6.19. The molecule has 2 saturated heterocycles. The van der Waals surface area contributed by atoms with Crippen LogP contribution in [-0.4, -0.2) is 86.5 Å². The van der Waals surface area contributed by atoms with Crippen molar-refractivity contribution in [1.29, 1.82) is 0 Å². The van der Waals surface area contributed by atoms with Crippen LogP contribution in [0, 0.1) is 23.2 Å². The molecule has 0 unspecified atom stereocenters. The van der Waals surface area contributed by atoms with Crippen molar-refractivity contribution in [3.05, 3.63) is 11.2 Å². The summed E-state index contributed by atoms with van der Waals surface area (Å²) in [6.45, 7) is 3.97. The molecule has 2 heterocycles. The van der Waals surface area contributed by atoms with Gasteiger partial charge in [0.2, 0.25) is 38.6 Å². The molecular formula is C25H34F6N4O6S. The largest absolute Gasteiger partial charge is 0.471 e. The molecule has 10 nitrogen and oxygen atoms in total. The van der Waals surface area contributed by atoms with Crippen LogP contribution in [0.1, 0.15) is 46.5 Å². The number of rotatable bonds is 8. The summed E-state index contributed by atoms with van der Waals surface area (Å²) in [4.78, 5) is 52.0. The minimum absolute atomic E-state index is 0.252. The Morgan fingerprint density at radius 2 is 1.76 bits per heavy atom. The second-order valence-corrected chi connectivity index (χ2v) is 14.2. The predicted molar refractivity (Wildman–Crippen MR) is 136 cm³/mol. The first-order valence-corrected chi connectivity index (χ1v) is 15.1. The third kappa shape index (κ3) is 7.75. The number of fused-ring (bicyclic) bond motifs is 1. The number of likely N-dealkylation sites (tertiary alicyclic amines) is 1. The lowest BCUT2D eigenvalue weighted by Gasteiger charge is -2.37. The van der Waals surface area contributed by atoms with Crippen LogP contribution in [0.3, 0.4) is 0 Å². The van der Waals surface area contributed by atoms with E-state index < -0.39 is 111 Å². The Labute approximate surface area is 238 Å². The smallest absolute Gasteiger partial charge is 0.356 e. The van der Waals surface area contributed by atoms with Gasteiger partial charge in [0.05, 0.1) is 6.04 Å². The number of amides is 4. The zero-order chi connectivity index (χ0) is 32.0. The third-order valence-electron chi connectivity index (χ3n) is 7.79. The summed E-state index contributed by atoms with van der Waals surface area (Å²) in [5, 5.41) is 4.95. The topological polar surface area (TPSA) is 142 Å². The average Bonchev–Trinajstić information content (AvgIpc) is 3.45. The molecule has 4 amide bonds. The monoisotopic (exact) mass is 632 g/mol. The highest BCUT2D eigenvalue weighted by Crippen LogP contribution is 2.50. The minimum atomic E-state index is -5.33. The first-order chi connectivity index (χ1) is 19.0. The molecule has 3 aliphatic rings. The number of nitrogens with one attached hydrogen (secondary N) is 3. The lowest BCUT2D eigenvalue weighted by molar-refractivity contribution is -0.176. The average molecular weight is 633 g/mol. The molecule has 1 aliphatic carbocycles. The molecule has 42 heavy (non-hydrogen) atoms. The summed E-state index contributed by atoms with van der Waals surface area (Å²) < 4.78 is 106. The predicted octanol–water partition coefficient (Wildman–Crippen LogP) is 1.82. The van der Waals surface area contributed by atoms with Gasteiger partial charge in [-0.15, -0.1) is 0 Å². The zero-order valence-electron chi connectivity index (χ0n) is 23.4. The van der Waals surface area contributed by atoms with Crippen LogP contribution >= 0.6 is 0 Å². The maximum atomic E-state index is 14.5. The van der Waals surface area contributed by atoms with Crippen LogP contribution in [0.5, 0.6) is 0 Å². The second-order valence-electron chi connectivity index (χ2n) is 12.3. The second kappa shape index (κ2) is 11.7. The molecule has 1 saturated carbocycles. The van der Waals surface area contributed by atoms with Crippen molar-refractivity contribution in [2.75, 3.05) is 19.3 Å². The lowest BCUT2D eigenvalue weighted by atomic mass is 9.85. The Morgan fingerprint density at radius 3 is 2.26 bits per heavy atom. The van der Waals surface area contributed by atoms with Gasteiger partial charge in [-0.2, -0.15) is 17.6 Å². The number of carbonyl (C=O) groups excluding carboxylic acids is 4. The van der Waals surface area contributed by atoms with E-state index in [1.807, 2.05) is 0 Å². The maximum Gasteiger partial charge on any atom is 0.471 e.